The number of hydrogen-bond acceptors (Lipinski definition) is 4. The Morgan fingerprint density at radius 2 is 2.18 bits per heavy atom. The quantitative estimate of drug-likeness (QED) is 0.759. The second-order valence-corrected chi connectivity index (χ2v) is 3.77. The van der Waals surface area contributed by atoms with Crippen molar-refractivity contribution in [2.45, 2.75) is 20.5 Å². The number of Topliss-reactive ketones (excluding diaryl/α,β-unsaturated/α-hetero) is 1. The second-order valence-electron chi connectivity index (χ2n) is 3.77. The molecule has 0 fully saturated rings. The normalized spacial score (nSPS) is 10.2. The summed E-state index contributed by atoms with van der Waals surface area (Å²) in [5.41, 5.74) is 1.29. The van der Waals surface area contributed by atoms with Gasteiger partial charge in [-0.2, -0.15) is 0 Å². The van der Waals surface area contributed by atoms with Crippen molar-refractivity contribution in [3.63, 3.8) is 0 Å². The van der Waals surface area contributed by atoms with Crippen LogP contribution in [0.25, 0.3) is 0 Å². The van der Waals surface area contributed by atoms with Gasteiger partial charge < -0.3 is 9.26 Å². The lowest BCUT2D eigenvalue weighted by molar-refractivity contribution is 0.101. The highest BCUT2D eigenvalue weighted by atomic mass is 16.5. The van der Waals surface area contributed by atoms with Crippen LogP contribution in [0.5, 0.6) is 5.75 Å². The molecule has 0 aliphatic rings. The van der Waals surface area contributed by atoms with Crippen molar-refractivity contribution < 1.29 is 14.1 Å². The maximum atomic E-state index is 11.4. The standard InChI is InChI=1S/C13H13NO3/c1-9-7-11(14-17-9)8-16-13-6-4-3-5-12(13)10(2)15/h3-7H,8H2,1-2H3. The number of para-hydroxylation sites is 1. The molecule has 0 saturated carbocycles. The number of carbonyl (C=O) groups excluding carboxylic acids is 1. The molecule has 88 valence electrons. The van der Waals surface area contributed by atoms with E-state index in [4.69, 9.17) is 9.26 Å². The molecule has 0 aliphatic heterocycles. The van der Waals surface area contributed by atoms with Crippen LogP contribution in [-0.2, 0) is 6.61 Å². The Kier molecular flexibility index (Phi) is 3.23. The van der Waals surface area contributed by atoms with Gasteiger partial charge in [-0.05, 0) is 26.0 Å². The van der Waals surface area contributed by atoms with Crippen molar-refractivity contribution in [1.82, 2.24) is 5.16 Å². The van der Waals surface area contributed by atoms with Crippen LogP contribution in [0.2, 0.25) is 0 Å². The molecule has 1 aromatic carbocycles. The molecule has 0 unspecified atom stereocenters. The minimum Gasteiger partial charge on any atom is -0.486 e. The van der Waals surface area contributed by atoms with Gasteiger partial charge in [0.15, 0.2) is 5.78 Å². The molecule has 0 atom stereocenters. The number of rotatable bonds is 4. The first kappa shape index (κ1) is 11.4. The lowest BCUT2D eigenvalue weighted by atomic mass is 10.1. The van der Waals surface area contributed by atoms with Crippen molar-refractivity contribution >= 4 is 5.78 Å². The Balaban J connectivity index is 2.11. The Morgan fingerprint density at radius 3 is 2.82 bits per heavy atom. The van der Waals surface area contributed by atoms with Crippen molar-refractivity contribution in [1.29, 1.82) is 0 Å². The molecule has 0 amide bonds. The lowest BCUT2D eigenvalue weighted by Crippen LogP contribution is -2.01. The fourth-order valence-electron chi connectivity index (χ4n) is 1.52. The van der Waals surface area contributed by atoms with E-state index >= 15 is 0 Å². The van der Waals surface area contributed by atoms with E-state index in [0.717, 1.165) is 5.76 Å². The fourth-order valence-corrected chi connectivity index (χ4v) is 1.52. The molecule has 1 aromatic heterocycles. The van der Waals surface area contributed by atoms with E-state index in [-0.39, 0.29) is 5.78 Å². The molecule has 1 heterocycles. The number of aromatic nitrogens is 1. The third-order valence-corrected chi connectivity index (χ3v) is 2.32. The van der Waals surface area contributed by atoms with E-state index in [1.54, 1.807) is 18.2 Å². The minimum atomic E-state index is -0.0167. The summed E-state index contributed by atoms with van der Waals surface area (Å²) in [4.78, 5) is 11.4. The monoisotopic (exact) mass is 231 g/mol. The molecule has 0 bridgehead atoms. The van der Waals surface area contributed by atoms with Gasteiger partial charge in [0.1, 0.15) is 23.8 Å². The molecule has 4 heteroatoms. The molecule has 4 nitrogen and oxygen atoms in total. The van der Waals surface area contributed by atoms with Gasteiger partial charge in [-0.15, -0.1) is 0 Å². The van der Waals surface area contributed by atoms with Gasteiger partial charge in [0.05, 0.1) is 5.56 Å². The SMILES string of the molecule is CC(=O)c1ccccc1OCc1cc(C)on1. The van der Waals surface area contributed by atoms with Crippen LogP contribution in [-0.4, -0.2) is 10.9 Å². The first-order chi connectivity index (χ1) is 8.16. The highest BCUT2D eigenvalue weighted by Gasteiger charge is 2.08. The van der Waals surface area contributed by atoms with Crippen molar-refractivity contribution in [3.8, 4) is 5.75 Å². The van der Waals surface area contributed by atoms with Crippen LogP contribution in [0, 0.1) is 6.92 Å². The largest absolute Gasteiger partial charge is 0.486 e. The molecule has 2 aromatic rings. The van der Waals surface area contributed by atoms with Crippen LogP contribution in [0.3, 0.4) is 0 Å². The number of benzene rings is 1. The molecule has 0 saturated heterocycles. The van der Waals surface area contributed by atoms with E-state index in [1.165, 1.54) is 6.92 Å². The van der Waals surface area contributed by atoms with E-state index < -0.39 is 0 Å². The summed E-state index contributed by atoms with van der Waals surface area (Å²) < 4.78 is 10.5. The average Bonchev–Trinajstić information content (AvgIpc) is 2.73. The first-order valence-corrected chi connectivity index (χ1v) is 5.32. The Labute approximate surface area is 99.2 Å². The van der Waals surface area contributed by atoms with Crippen molar-refractivity contribution in [2.24, 2.45) is 0 Å². The number of carbonyl (C=O) groups is 1. The van der Waals surface area contributed by atoms with Gasteiger partial charge >= 0.3 is 0 Å². The third kappa shape index (κ3) is 2.72. The number of ketones is 1. The van der Waals surface area contributed by atoms with E-state index in [1.807, 2.05) is 19.1 Å². The number of nitrogens with zero attached hydrogens (tertiary/aromatic N) is 1. The van der Waals surface area contributed by atoms with Crippen LogP contribution in [0.4, 0.5) is 0 Å². The molecular formula is C13H13NO3. The topological polar surface area (TPSA) is 52.3 Å². The summed E-state index contributed by atoms with van der Waals surface area (Å²) in [6.45, 7) is 3.63. The van der Waals surface area contributed by atoms with Gasteiger partial charge in [0, 0.05) is 6.07 Å². The summed E-state index contributed by atoms with van der Waals surface area (Å²) in [6.07, 6.45) is 0. The van der Waals surface area contributed by atoms with Gasteiger partial charge in [-0.1, -0.05) is 17.3 Å². The first-order valence-electron chi connectivity index (χ1n) is 5.32. The Morgan fingerprint density at radius 1 is 1.41 bits per heavy atom. The van der Waals surface area contributed by atoms with E-state index in [0.29, 0.717) is 23.6 Å². The zero-order valence-corrected chi connectivity index (χ0v) is 9.77. The molecule has 0 aliphatic carbocycles. The summed E-state index contributed by atoms with van der Waals surface area (Å²) in [5, 5.41) is 3.82. The summed E-state index contributed by atoms with van der Waals surface area (Å²) in [6, 6.07) is 8.95. The van der Waals surface area contributed by atoms with Gasteiger partial charge in [0.25, 0.3) is 0 Å². The van der Waals surface area contributed by atoms with E-state index in [9.17, 15) is 4.79 Å². The minimum absolute atomic E-state index is 0.0167. The molecule has 0 spiro atoms. The highest BCUT2D eigenvalue weighted by molar-refractivity contribution is 5.96. The molecule has 0 N–H and O–H groups in total. The highest BCUT2D eigenvalue weighted by Crippen LogP contribution is 2.19. The molecular weight excluding hydrogens is 218 g/mol. The summed E-state index contributed by atoms with van der Waals surface area (Å²) in [5.74, 6) is 1.29. The smallest absolute Gasteiger partial charge is 0.163 e. The second kappa shape index (κ2) is 4.82. The van der Waals surface area contributed by atoms with Crippen molar-refractivity contribution in [3.05, 3.63) is 47.3 Å². The zero-order valence-electron chi connectivity index (χ0n) is 9.77. The van der Waals surface area contributed by atoms with Crippen LogP contribution >= 0.6 is 0 Å². The predicted octanol–water partition coefficient (Wildman–Crippen LogP) is 2.76. The number of hydrogen-bond donors (Lipinski definition) is 0. The Bertz CT molecular complexity index is 531. The third-order valence-electron chi connectivity index (χ3n) is 2.32. The van der Waals surface area contributed by atoms with E-state index in [2.05, 4.69) is 5.16 Å². The van der Waals surface area contributed by atoms with Crippen LogP contribution in [0.15, 0.2) is 34.9 Å². The lowest BCUT2D eigenvalue weighted by Gasteiger charge is -2.07. The van der Waals surface area contributed by atoms with Gasteiger partial charge in [-0.25, -0.2) is 0 Å². The van der Waals surface area contributed by atoms with Crippen molar-refractivity contribution in [2.75, 3.05) is 0 Å². The van der Waals surface area contributed by atoms with Crippen LogP contribution in [0.1, 0.15) is 28.7 Å². The van der Waals surface area contributed by atoms with Crippen LogP contribution < -0.4 is 4.74 Å². The van der Waals surface area contributed by atoms with Gasteiger partial charge in [0.2, 0.25) is 0 Å². The summed E-state index contributed by atoms with van der Waals surface area (Å²) in [7, 11) is 0. The number of aryl methyl sites for hydroxylation is 1. The maximum absolute atomic E-state index is 11.4. The predicted molar refractivity (Wildman–Crippen MR) is 62.0 cm³/mol. The number of ether oxygens (including phenoxy) is 1. The fraction of sp³-hybridized carbons (Fsp3) is 0.231. The summed E-state index contributed by atoms with van der Waals surface area (Å²) >= 11 is 0. The molecule has 17 heavy (non-hydrogen) atoms. The van der Waals surface area contributed by atoms with Gasteiger partial charge in [-0.3, -0.25) is 4.79 Å². The average molecular weight is 231 g/mol. The zero-order chi connectivity index (χ0) is 12.3. The Hall–Kier alpha value is -2.10. The maximum Gasteiger partial charge on any atom is 0.163 e. The molecule has 2 rings (SSSR count). The molecule has 0 radical (unpaired) electrons.